The van der Waals surface area contributed by atoms with Crippen molar-refractivity contribution in [3.63, 3.8) is 0 Å². The molecule has 0 fully saturated rings. The minimum atomic E-state index is -6.75. The summed E-state index contributed by atoms with van der Waals surface area (Å²) in [5, 5.41) is 0. The van der Waals surface area contributed by atoms with Crippen LogP contribution in [0.4, 0.5) is 39.5 Å². The Bertz CT molecular complexity index is 221. The van der Waals surface area contributed by atoms with Gasteiger partial charge in [-0.3, -0.25) is 0 Å². The lowest BCUT2D eigenvalue weighted by atomic mass is 9.92. The molecule has 0 rings (SSSR count). The SMILES string of the molecule is [CH2]CCC(F)(F)C(F)(C(F)(F)F)C(F)(F)F. The molecule has 1 radical (unpaired) electrons. The van der Waals surface area contributed by atoms with Crippen LogP contribution in [-0.4, -0.2) is 23.9 Å². The van der Waals surface area contributed by atoms with Crippen molar-refractivity contribution in [3.8, 4) is 0 Å². The van der Waals surface area contributed by atoms with Crippen LogP contribution in [-0.2, 0) is 0 Å². The van der Waals surface area contributed by atoms with Gasteiger partial charge in [0.15, 0.2) is 0 Å². The lowest BCUT2D eigenvalue weighted by Crippen LogP contribution is -2.64. The molecule has 0 bridgehead atoms. The molecule has 9 heteroatoms. The van der Waals surface area contributed by atoms with Gasteiger partial charge in [-0.15, -0.1) is 0 Å². The van der Waals surface area contributed by atoms with E-state index < -0.39 is 36.8 Å². The Morgan fingerprint density at radius 2 is 1.00 bits per heavy atom. The molecule has 0 aliphatic rings. The highest BCUT2D eigenvalue weighted by atomic mass is 19.4. The van der Waals surface area contributed by atoms with Crippen molar-refractivity contribution in [2.75, 3.05) is 0 Å². The van der Waals surface area contributed by atoms with Gasteiger partial charge < -0.3 is 0 Å². The molecule has 0 amide bonds. The smallest absolute Gasteiger partial charge is 0.217 e. The maximum Gasteiger partial charge on any atom is 0.437 e. The topological polar surface area (TPSA) is 0 Å². The molecule has 0 heterocycles. The summed E-state index contributed by atoms with van der Waals surface area (Å²) in [6, 6.07) is 0. The summed E-state index contributed by atoms with van der Waals surface area (Å²) in [6.07, 6.45) is -16.4. The number of rotatable bonds is 3. The van der Waals surface area contributed by atoms with E-state index in [1.165, 1.54) is 0 Å². The van der Waals surface area contributed by atoms with Gasteiger partial charge in [0.05, 0.1) is 0 Å². The number of hydrogen-bond acceptors (Lipinski definition) is 0. The molecule has 0 N–H and O–H groups in total. The van der Waals surface area contributed by atoms with Crippen LogP contribution in [0.15, 0.2) is 0 Å². The standard InChI is InChI=1S/C7H6F9/c1-2-3-4(8,9)5(10,6(11,12)13)7(14,15)16/h1-3H2. The summed E-state index contributed by atoms with van der Waals surface area (Å²) < 4.78 is 109. The molecule has 0 nitrogen and oxygen atoms in total. The second kappa shape index (κ2) is 3.99. The molecule has 0 saturated heterocycles. The number of hydrogen-bond donors (Lipinski definition) is 0. The fourth-order valence-electron chi connectivity index (χ4n) is 0.970. The normalized spacial score (nSPS) is 15.4. The van der Waals surface area contributed by atoms with Gasteiger partial charge in [0, 0.05) is 6.42 Å². The molecular formula is C7H6F9. The van der Waals surface area contributed by atoms with E-state index in [4.69, 9.17) is 0 Å². The average molecular weight is 261 g/mol. The first-order valence-corrected chi connectivity index (χ1v) is 3.80. The Morgan fingerprint density at radius 1 is 0.688 bits per heavy atom. The summed E-state index contributed by atoms with van der Waals surface area (Å²) >= 11 is 0. The summed E-state index contributed by atoms with van der Waals surface area (Å²) in [5.41, 5.74) is -6.55. The van der Waals surface area contributed by atoms with Crippen LogP contribution >= 0.6 is 0 Å². The Morgan fingerprint density at radius 3 is 1.19 bits per heavy atom. The molecule has 97 valence electrons. The summed E-state index contributed by atoms with van der Waals surface area (Å²) in [4.78, 5) is 0. The maximum absolute atomic E-state index is 12.7. The van der Waals surface area contributed by atoms with Crippen molar-refractivity contribution in [2.45, 2.75) is 36.8 Å². The zero-order chi connectivity index (χ0) is 13.4. The predicted octanol–water partition coefficient (Wildman–Crippen LogP) is 4.07. The summed E-state index contributed by atoms with van der Waals surface area (Å²) in [6.45, 7) is 2.67. The average Bonchev–Trinajstić information content (AvgIpc) is 1.98. The van der Waals surface area contributed by atoms with E-state index in [0.717, 1.165) is 0 Å². The molecule has 0 aliphatic carbocycles. The summed E-state index contributed by atoms with van der Waals surface area (Å²) in [7, 11) is 0. The van der Waals surface area contributed by atoms with Gasteiger partial charge in [-0.2, -0.15) is 26.3 Å². The molecule has 0 spiro atoms. The maximum atomic E-state index is 12.7. The fraction of sp³-hybridized carbons (Fsp3) is 0.857. The van der Waals surface area contributed by atoms with Gasteiger partial charge >= 0.3 is 18.0 Å². The second-order valence-electron chi connectivity index (χ2n) is 2.96. The van der Waals surface area contributed by atoms with Gasteiger partial charge in [0.1, 0.15) is 0 Å². The Kier molecular flexibility index (Phi) is 3.83. The van der Waals surface area contributed by atoms with Crippen LogP contribution in [0.1, 0.15) is 12.8 Å². The third-order valence-corrected chi connectivity index (χ3v) is 1.78. The Hall–Kier alpha value is -0.630. The fourth-order valence-corrected chi connectivity index (χ4v) is 0.970. The molecule has 0 saturated carbocycles. The van der Waals surface area contributed by atoms with Gasteiger partial charge in [-0.05, 0) is 6.42 Å². The van der Waals surface area contributed by atoms with Crippen LogP contribution in [0.5, 0.6) is 0 Å². The lowest BCUT2D eigenvalue weighted by molar-refractivity contribution is -0.397. The van der Waals surface area contributed by atoms with Gasteiger partial charge in [0.25, 0.3) is 5.92 Å². The highest BCUT2D eigenvalue weighted by Gasteiger charge is 2.83. The highest BCUT2D eigenvalue weighted by molar-refractivity contribution is 5.05. The van der Waals surface area contributed by atoms with Crippen molar-refractivity contribution in [3.05, 3.63) is 6.92 Å². The lowest BCUT2D eigenvalue weighted by Gasteiger charge is -2.35. The number of halogens is 9. The van der Waals surface area contributed by atoms with Crippen LogP contribution in [0.25, 0.3) is 0 Å². The predicted molar refractivity (Wildman–Crippen MR) is 35.5 cm³/mol. The second-order valence-corrected chi connectivity index (χ2v) is 2.96. The first-order chi connectivity index (χ1) is 6.81. The Labute approximate surface area is 84.4 Å². The number of alkyl halides is 9. The molecule has 0 aromatic rings. The molecule has 0 aromatic heterocycles. The van der Waals surface area contributed by atoms with E-state index >= 15 is 0 Å². The molecule has 0 atom stereocenters. The molecular weight excluding hydrogens is 255 g/mol. The monoisotopic (exact) mass is 261 g/mol. The van der Waals surface area contributed by atoms with Crippen molar-refractivity contribution in [1.82, 2.24) is 0 Å². The zero-order valence-electron chi connectivity index (χ0n) is 7.52. The Balaban J connectivity index is 5.61. The quantitative estimate of drug-likeness (QED) is 0.672. The van der Waals surface area contributed by atoms with E-state index in [2.05, 4.69) is 6.92 Å². The molecule has 16 heavy (non-hydrogen) atoms. The first-order valence-electron chi connectivity index (χ1n) is 3.80. The van der Waals surface area contributed by atoms with Crippen LogP contribution in [0.2, 0.25) is 0 Å². The third-order valence-electron chi connectivity index (χ3n) is 1.78. The van der Waals surface area contributed by atoms with E-state index in [1.54, 1.807) is 0 Å². The third kappa shape index (κ3) is 2.22. The van der Waals surface area contributed by atoms with Crippen LogP contribution in [0, 0.1) is 6.92 Å². The van der Waals surface area contributed by atoms with Crippen molar-refractivity contribution in [1.29, 1.82) is 0 Å². The van der Waals surface area contributed by atoms with Gasteiger partial charge in [0.2, 0.25) is 0 Å². The van der Waals surface area contributed by atoms with Gasteiger partial charge in [-0.1, -0.05) is 6.92 Å². The van der Waals surface area contributed by atoms with E-state index in [0.29, 0.717) is 0 Å². The molecule has 0 aliphatic heterocycles. The largest absolute Gasteiger partial charge is 0.437 e. The van der Waals surface area contributed by atoms with Crippen molar-refractivity contribution < 1.29 is 39.5 Å². The zero-order valence-corrected chi connectivity index (χ0v) is 7.52. The van der Waals surface area contributed by atoms with Crippen LogP contribution < -0.4 is 0 Å². The van der Waals surface area contributed by atoms with E-state index in [-0.39, 0.29) is 0 Å². The molecule has 0 aromatic carbocycles. The van der Waals surface area contributed by atoms with E-state index in [1.807, 2.05) is 0 Å². The van der Waals surface area contributed by atoms with Crippen LogP contribution in [0.3, 0.4) is 0 Å². The first kappa shape index (κ1) is 15.4. The minimum Gasteiger partial charge on any atom is -0.217 e. The highest BCUT2D eigenvalue weighted by Crippen LogP contribution is 2.55. The minimum absolute atomic E-state index is 0.967. The van der Waals surface area contributed by atoms with Crippen molar-refractivity contribution >= 4 is 0 Å². The van der Waals surface area contributed by atoms with Gasteiger partial charge in [-0.25, -0.2) is 13.2 Å². The summed E-state index contributed by atoms with van der Waals surface area (Å²) in [5.74, 6) is -5.61. The van der Waals surface area contributed by atoms with E-state index in [9.17, 15) is 39.5 Å². The molecule has 0 unspecified atom stereocenters. The van der Waals surface area contributed by atoms with Crippen molar-refractivity contribution in [2.24, 2.45) is 0 Å².